The number of nitro groups is 1. The molecule has 0 aliphatic heterocycles. The van der Waals surface area contributed by atoms with Crippen LogP contribution >= 0.6 is 34.8 Å². The van der Waals surface area contributed by atoms with Crippen LogP contribution < -0.4 is 10.2 Å². The zero-order chi connectivity index (χ0) is 19.3. The van der Waals surface area contributed by atoms with Crippen LogP contribution in [0.3, 0.4) is 0 Å². The van der Waals surface area contributed by atoms with E-state index in [0.717, 1.165) is 0 Å². The van der Waals surface area contributed by atoms with Gasteiger partial charge >= 0.3 is 0 Å². The second kappa shape index (κ2) is 8.84. The van der Waals surface area contributed by atoms with Gasteiger partial charge in [-0.05, 0) is 13.0 Å². The lowest BCUT2D eigenvalue weighted by atomic mass is 10.1. The number of carbonyl (C=O) groups is 1. The van der Waals surface area contributed by atoms with Crippen LogP contribution in [0.1, 0.15) is 12.5 Å². The topological polar surface area (TPSA) is 93.8 Å². The first-order valence-corrected chi connectivity index (χ1v) is 8.26. The minimum atomic E-state index is -0.545. The Bertz CT molecular complexity index is 887. The van der Waals surface area contributed by atoms with Crippen molar-refractivity contribution in [1.29, 1.82) is 0 Å². The Labute approximate surface area is 163 Å². The van der Waals surface area contributed by atoms with Gasteiger partial charge in [0.15, 0.2) is 6.61 Å². The maximum absolute atomic E-state index is 11.8. The zero-order valence-electron chi connectivity index (χ0n) is 13.3. The SMILES string of the molecule is CC(=NNC(=O)COc1cc(Cl)c(Cl)cc1Cl)c1cccc([N+](=O)[O-])c1. The van der Waals surface area contributed by atoms with E-state index >= 15 is 0 Å². The number of nitrogens with one attached hydrogen (secondary N) is 1. The summed E-state index contributed by atoms with van der Waals surface area (Å²) in [5.41, 5.74) is 3.13. The number of hydrazone groups is 1. The lowest BCUT2D eigenvalue weighted by molar-refractivity contribution is -0.384. The Hall–Kier alpha value is -2.35. The van der Waals surface area contributed by atoms with Crippen molar-refractivity contribution in [2.24, 2.45) is 5.10 Å². The van der Waals surface area contributed by atoms with Crippen LogP contribution in [-0.2, 0) is 4.79 Å². The van der Waals surface area contributed by atoms with Crippen molar-refractivity contribution in [2.75, 3.05) is 6.61 Å². The fourth-order valence-electron chi connectivity index (χ4n) is 1.85. The number of rotatable bonds is 6. The molecule has 2 aromatic rings. The van der Waals surface area contributed by atoms with Crippen molar-refractivity contribution >= 4 is 52.1 Å². The molecule has 7 nitrogen and oxygen atoms in total. The summed E-state index contributed by atoms with van der Waals surface area (Å²) in [5.74, 6) is -0.340. The van der Waals surface area contributed by atoms with Crippen LogP contribution in [0.25, 0.3) is 0 Å². The highest BCUT2D eigenvalue weighted by Crippen LogP contribution is 2.33. The van der Waals surface area contributed by atoms with Crippen LogP contribution in [-0.4, -0.2) is 23.1 Å². The summed E-state index contributed by atoms with van der Waals surface area (Å²) in [4.78, 5) is 22.1. The largest absolute Gasteiger partial charge is 0.482 e. The Balaban J connectivity index is 1.97. The first kappa shape index (κ1) is 20.0. The van der Waals surface area contributed by atoms with Gasteiger partial charge in [0.25, 0.3) is 11.6 Å². The minimum absolute atomic E-state index is 0.0685. The first-order chi connectivity index (χ1) is 12.3. The molecule has 0 atom stereocenters. The molecule has 2 rings (SSSR count). The average molecular weight is 417 g/mol. The molecule has 0 saturated heterocycles. The van der Waals surface area contributed by atoms with Gasteiger partial charge in [0, 0.05) is 23.8 Å². The number of ether oxygens (including phenoxy) is 1. The van der Waals surface area contributed by atoms with E-state index in [-0.39, 0.29) is 33.1 Å². The molecule has 0 saturated carbocycles. The van der Waals surface area contributed by atoms with Crippen molar-refractivity contribution < 1.29 is 14.5 Å². The molecular formula is C16H12Cl3N3O4. The van der Waals surface area contributed by atoms with Gasteiger partial charge in [-0.1, -0.05) is 46.9 Å². The summed E-state index contributed by atoms with van der Waals surface area (Å²) in [7, 11) is 0. The molecule has 26 heavy (non-hydrogen) atoms. The molecule has 0 bridgehead atoms. The van der Waals surface area contributed by atoms with Crippen LogP contribution in [0.2, 0.25) is 15.1 Å². The van der Waals surface area contributed by atoms with E-state index in [0.29, 0.717) is 11.3 Å². The second-order valence-electron chi connectivity index (χ2n) is 5.03. The number of carbonyl (C=O) groups excluding carboxylic acids is 1. The Morgan fingerprint density at radius 3 is 2.58 bits per heavy atom. The zero-order valence-corrected chi connectivity index (χ0v) is 15.6. The lowest BCUT2D eigenvalue weighted by Gasteiger charge is -2.08. The van der Waals surface area contributed by atoms with Crippen LogP contribution in [0.5, 0.6) is 5.75 Å². The van der Waals surface area contributed by atoms with Gasteiger partial charge in [-0.2, -0.15) is 5.10 Å². The highest BCUT2D eigenvalue weighted by atomic mass is 35.5. The molecule has 0 fully saturated rings. The molecule has 0 aliphatic carbocycles. The maximum atomic E-state index is 11.8. The Morgan fingerprint density at radius 2 is 1.88 bits per heavy atom. The minimum Gasteiger partial charge on any atom is -0.482 e. The molecule has 10 heteroatoms. The van der Waals surface area contributed by atoms with Crippen LogP contribution in [0.4, 0.5) is 5.69 Å². The highest BCUT2D eigenvalue weighted by molar-refractivity contribution is 6.43. The van der Waals surface area contributed by atoms with Crippen molar-refractivity contribution in [3.63, 3.8) is 0 Å². The molecule has 0 aromatic heterocycles. The maximum Gasteiger partial charge on any atom is 0.277 e. The highest BCUT2D eigenvalue weighted by Gasteiger charge is 2.10. The predicted octanol–water partition coefficient (Wildman–Crippen LogP) is 4.47. The molecular weight excluding hydrogens is 405 g/mol. The van der Waals surface area contributed by atoms with E-state index in [1.165, 1.54) is 30.3 Å². The summed E-state index contributed by atoms with van der Waals surface area (Å²) in [6.45, 7) is 1.25. The standard InChI is InChI=1S/C16H12Cl3N3O4/c1-9(10-3-2-4-11(5-10)22(24)25)20-21-16(23)8-26-15-7-13(18)12(17)6-14(15)19/h2-7H,8H2,1H3,(H,21,23). The molecule has 0 radical (unpaired) electrons. The molecule has 1 N–H and O–H groups in total. The second-order valence-corrected chi connectivity index (χ2v) is 6.25. The van der Waals surface area contributed by atoms with Gasteiger partial charge in [0.1, 0.15) is 5.75 Å². The van der Waals surface area contributed by atoms with Crippen LogP contribution in [0.15, 0.2) is 41.5 Å². The quantitative estimate of drug-likeness (QED) is 0.325. The van der Waals surface area contributed by atoms with Crippen molar-refractivity contribution in [3.05, 3.63) is 67.1 Å². The summed E-state index contributed by atoms with van der Waals surface area (Å²) in [6, 6.07) is 8.70. The Kier molecular flexibility index (Phi) is 6.79. The van der Waals surface area contributed by atoms with Crippen molar-refractivity contribution in [3.8, 4) is 5.75 Å². The molecule has 2 aromatic carbocycles. The van der Waals surface area contributed by atoms with Gasteiger partial charge in [-0.25, -0.2) is 5.43 Å². The number of halogens is 3. The number of nitrogens with zero attached hydrogens (tertiary/aromatic N) is 2. The normalized spacial score (nSPS) is 11.2. The lowest BCUT2D eigenvalue weighted by Crippen LogP contribution is -2.25. The summed E-state index contributed by atoms with van der Waals surface area (Å²) in [6.07, 6.45) is 0. The average Bonchev–Trinajstić information content (AvgIpc) is 2.61. The number of benzene rings is 2. The predicted molar refractivity (Wildman–Crippen MR) is 100 cm³/mol. The number of amides is 1. The van der Waals surface area contributed by atoms with E-state index < -0.39 is 10.8 Å². The monoisotopic (exact) mass is 415 g/mol. The van der Waals surface area contributed by atoms with Gasteiger partial charge in [-0.15, -0.1) is 0 Å². The molecule has 1 amide bonds. The molecule has 0 aliphatic rings. The van der Waals surface area contributed by atoms with Gasteiger partial charge in [0.2, 0.25) is 0 Å². The number of nitro benzene ring substituents is 1. The van der Waals surface area contributed by atoms with E-state index in [1.807, 2.05) is 0 Å². The summed E-state index contributed by atoms with van der Waals surface area (Å²) in [5, 5.41) is 15.4. The fourth-order valence-corrected chi connectivity index (χ4v) is 2.44. The van der Waals surface area contributed by atoms with Gasteiger partial charge < -0.3 is 4.74 Å². The van der Waals surface area contributed by atoms with Gasteiger partial charge in [-0.3, -0.25) is 14.9 Å². The third-order valence-corrected chi connectivity index (χ3v) is 4.17. The van der Waals surface area contributed by atoms with Crippen molar-refractivity contribution in [2.45, 2.75) is 6.92 Å². The molecule has 0 unspecified atom stereocenters. The summed E-state index contributed by atoms with van der Waals surface area (Å²) < 4.78 is 5.28. The van der Waals surface area contributed by atoms with Crippen LogP contribution in [0, 0.1) is 10.1 Å². The van der Waals surface area contributed by atoms with Gasteiger partial charge in [0.05, 0.1) is 25.7 Å². The first-order valence-electron chi connectivity index (χ1n) is 7.13. The summed E-state index contributed by atoms with van der Waals surface area (Å²) >= 11 is 17.6. The Morgan fingerprint density at radius 1 is 1.19 bits per heavy atom. The van der Waals surface area contributed by atoms with Crippen molar-refractivity contribution in [1.82, 2.24) is 5.43 Å². The number of hydrogen-bond donors (Lipinski definition) is 1. The number of non-ortho nitro benzene ring substituents is 1. The molecule has 0 spiro atoms. The van der Waals surface area contributed by atoms with E-state index in [1.54, 1.807) is 13.0 Å². The fraction of sp³-hybridized carbons (Fsp3) is 0.125. The number of hydrogen-bond acceptors (Lipinski definition) is 5. The van der Waals surface area contributed by atoms with E-state index in [4.69, 9.17) is 39.5 Å². The third-order valence-electron chi connectivity index (χ3n) is 3.16. The third kappa shape index (κ3) is 5.32. The smallest absolute Gasteiger partial charge is 0.277 e. The molecule has 136 valence electrons. The van der Waals surface area contributed by atoms with E-state index in [9.17, 15) is 14.9 Å². The molecule has 0 heterocycles. The van der Waals surface area contributed by atoms with E-state index in [2.05, 4.69) is 10.5 Å².